The molecule has 4 aromatic rings. The molecule has 5 rings (SSSR count). The number of H-pyrrole nitrogens is 2. The summed E-state index contributed by atoms with van der Waals surface area (Å²) in [7, 11) is 0. The molecule has 2 aromatic carbocycles. The number of piperidine rings is 1. The smallest absolute Gasteiger partial charge is 0.348 e. The van der Waals surface area contributed by atoms with Crippen molar-refractivity contribution in [2.24, 2.45) is 0 Å². The van der Waals surface area contributed by atoms with E-state index in [0.29, 0.717) is 11.9 Å². The molecule has 32 heavy (non-hydrogen) atoms. The SMILES string of the molecule is CC.Cc1[nH]cnc1C1CCN(Cc2ccc3c(c2)[nH]c(N)[n+]3Cc2ccccc2)CC1. The largest absolute Gasteiger partial charge is 0.353 e. The number of fused-ring (bicyclic) bond motifs is 1. The van der Waals surface area contributed by atoms with Crippen LogP contribution in [0.5, 0.6) is 0 Å². The third kappa shape index (κ3) is 4.70. The number of benzene rings is 2. The highest BCUT2D eigenvalue weighted by Crippen LogP contribution is 2.29. The van der Waals surface area contributed by atoms with Gasteiger partial charge in [0.15, 0.2) is 0 Å². The van der Waals surface area contributed by atoms with Gasteiger partial charge in [0.2, 0.25) is 0 Å². The number of hydrogen-bond acceptors (Lipinski definition) is 3. The van der Waals surface area contributed by atoms with Crippen molar-refractivity contribution >= 4 is 17.0 Å². The summed E-state index contributed by atoms with van der Waals surface area (Å²) < 4.78 is 2.14. The van der Waals surface area contributed by atoms with Gasteiger partial charge < -0.3 is 4.98 Å². The topological polar surface area (TPSA) is 77.6 Å². The second-order valence-corrected chi connectivity index (χ2v) is 8.40. The normalized spacial score (nSPS) is 15.0. The van der Waals surface area contributed by atoms with Crippen molar-refractivity contribution in [2.45, 2.75) is 52.6 Å². The number of rotatable bonds is 5. The number of nitrogens with zero attached hydrogens (tertiary/aromatic N) is 3. The lowest BCUT2D eigenvalue weighted by Gasteiger charge is -2.31. The van der Waals surface area contributed by atoms with Gasteiger partial charge in [-0.2, -0.15) is 0 Å². The Hall–Kier alpha value is -3.12. The monoisotopic (exact) mass is 431 g/mol. The van der Waals surface area contributed by atoms with E-state index in [1.54, 1.807) is 0 Å². The van der Waals surface area contributed by atoms with E-state index < -0.39 is 0 Å². The van der Waals surface area contributed by atoms with Gasteiger partial charge in [0.05, 0.1) is 18.6 Å². The Morgan fingerprint density at radius 1 is 1.06 bits per heavy atom. The number of nitrogen functional groups attached to an aromatic ring is 1. The lowest BCUT2D eigenvalue weighted by atomic mass is 9.92. The molecule has 1 fully saturated rings. The third-order valence-corrected chi connectivity index (χ3v) is 6.34. The van der Waals surface area contributed by atoms with Crippen molar-refractivity contribution in [1.82, 2.24) is 19.9 Å². The summed E-state index contributed by atoms with van der Waals surface area (Å²) in [5.41, 5.74) is 13.6. The maximum Gasteiger partial charge on any atom is 0.353 e. The summed E-state index contributed by atoms with van der Waals surface area (Å²) in [6.07, 6.45) is 4.15. The highest BCUT2D eigenvalue weighted by Gasteiger charge is 2.24. The van der Waals surface area contributed by atoms with E-state index in [1.807, 2.05) is 26.2 Å². The summed E-state index contributed by atoms with van der Waals surface area (Å²) in [5, 5.41) is 0. The number of imidazole rings is 2. The predicted octanol–water partition coefficient (Wildman–Crippen LogP) is 4.52. The standard InChI is InChI=1S/C24H28N6.C2H6/c1-17-23(27-16-26-17)20-9-11-29(12-10-20)14-19-7-8-22-21(13-19)28-24(25)30(22)15-18-5-3-2-4-6-18;1-2/h2-8,13,16,20H,9-12,14-15H2,1H3,(H3,25,26,27,28);1-2H3/p+1. The summed E-state index contributed by atoms with van der Waals surface area (Å²) in [4.78, 5) is 13.7. The molecular weight excluding hydrogens is 396 g/mol. The van der Waals surface area contributed by atoms with E-state index in [1.165, 1.54) is 35.4 Å². The maximum atomic E-state index is 6.30. The Labute approximate surface area is 190 Å². The van der Waals surface area contributed by atoms with Crippen LogP contribution in [0.3, 0.4) is 0 Å². The van der Waals surface area contributed by atoms with Crippen LogP contribution in [0.4, 0.5) is 5.95 Å². The van der Waals surface area contributed by atoms with Gasteiger partial charge in [-0.15, -0.1) is 0 Å². The van der Waals surface area contributed by atoms with E-state index in [0.717, 1.165) is 37.2 Å². The number of nitrogens with two attached hydrogens (primary N) is 1. The molecule has 0 bridgehead atoms. The number of aromatic amines is 2. The fourth-order valence-corrected chi connectivity index (χ4v) is 4.69. The minimum Gasteiger partial charge on any atom is -0.348 e. The number of likely N-dealkylation sites (tertiary alicyclic amines) is 1. The van der Waals surface area contributed by atoms with Crippen LogP contribution in [0.2, 0.25) is 0 Å². The number of hydrogen-bond donors (Lipinski definition) is 3. The second kappa shape index (κ2) is 10.0. The van der Waals surface area contributed by atoms with Gasteiger partial charge in [0.25, 0.3) is 0 Å². The van der Waals surface area contributed by atoms with Gasteiger partial charge in [-0.1, -0.05) is 50.2 Å². The molecule has 0 radical (unpaired) electrons. The van der Waals surface area contributed by atoms with Crippen LogP contribution in [0, 0.1) is 6.92 Å². The van der Waals surface area contributed by atoms with E-state index in [2.05, 4.69) is 73.8 Å². The molecule has 1 aliphatic rings. The Morgan fingerprint density at radius 3 is 2.50 bits per heavy atom. The van der Waals surface area contributed by atoms with Gasteiger partial charge in [-0.3, -0.25) is 10.6 Å². The first-order valence-electron chi connectivity index (χ1n) is 11.7. The molecular formula is C26H35N6+. The van der Waals surface area contributed by atoms with Crippen molar-refractivity contribution in [1.29, 1.82) is 0 Å². The molecule has 2 aromatic heterocycles. The summed E-state index contributed by atoms with van der Waals surface area (Å²) >= 11 is 0. The molecule has 0 unspecified atom stereocenters. The predicted molar refractivity (Wildman–Crippen MR) is 130 cm³/mol. The van der Waals surface area contributed by atoms with Crippen LogP contribution in [-0.4, -0.2) is 32.9 Å². The number of aryl methyl sites for hydroxylation is 1. The first-order chi connectivity index (χ1) is 15.7. The first-order valence-corrected chi connectivity index (χ1v) is 11.7. The van der Waals surface area contributed by atoms with Crippen molar-refractivity contribution in [3.63, 3.8) is 0 Å². The van der Waals surface area contributed by atoms with Crippen molar-refractivity contribution in [2.75, 3.05) is 18.8 Å². The van der Waals surface area contributed by atoms with Gasteiger partial charge in [0, 0.05) is 18.2 Å². The van der Waals surface area contributed by atoms with Crippen LogP contribution in [0.25, 0.3) is 11.0 Å². The Morgan fingerprint density at radius 2 is 1.81 bits per heavy atom. The van der Waals surface area contributed by atoms with Crippen LogP contribution in [-0.2, 0) is 13.1 Å². The molecule has 3 heterocycles. The Bertz CT molecular complexity index is 1140. The fourth-order valence-electron chi connectivity index (χ4n) is 4.69. The van der Waals surface area contributed by atoms with Crippen LogP contribution < -0.4 is 10.3 Å². The molecule has 6 heteroatoms. The molecule has 4 N–H and O–H groups in total. The van der Waals surface area contributed by atoms with E-state index in [-0.39, 0.29) is 0 Å². The number of aromatic nitrogens is 4. The molecule has 1 saturated heterocycles. The second-order valence-electron chi connectivity index (χ2n) is 8.40. The number of nitrogens with one attached hydrogen (secondary N) is 2. The van der Waals surface area contributed by atoms with Crippen molar-refractivity contribution in [3.8, 4) is 0 Å². The van der Waals surface area contributed by atoms with Gasteiger partial charge >= 0.3 is 5.95 Å². The highest BCUT2D eigenvalue weighted by atomic mass is 15.2. The zero-order valence-corrected chi connectivity index (χ0v) is 19.4. The van der Waals surface area contributed by atoms with Crippen LogP contribution >= 0.6 is 0 Å². The minimum atomic E-state index is 0.579. The molecule has 0 spiro atoms. The van der Waals surface area contributed by atoms with Crippen LogP contribution in [0.15, 0.2) is 54.9 Å². The lowest BCUT2D eigenvalue weighted by molar-refractivity contribution is -0.647. The van der Waals surface area contributed by atoms with Crippen molar-refractivity contribution in [3.05, 3.63) is 77.4 Å². The summed E-state index contributed by atoms with van der Waals surface area (Å²) in [6, 6.07) is 17.1. The zero-order valence-electron chi connectivity index (χ0n) is 19.4. The molecule has 0 aliphatic carbocycles. The minimum absolute atomic E-state index is 0.579. The molecule has 1 aliphatic heterocycles. The lowest BCUT2D eigenvalue weighted by Crippen LogP contribution is -2.36. The van der Waals surface area contributed by atoms with E-state index in [4.69, 9.17) is 5.73 Å². The average molecular weight is 432 g/mol. The fraction of sp³-hybridized carbons (Fsp3) is 0.385. The molecule has 0 amide bonds. The van der Waals surface area contributed by atoms with Gasteiger partial charge in [-0.25, -0.2) is 14.5 Å². The average Bonchev–Trinajstić information content (AvgIpc) is 3.39. The maximum absolute atomic E-state index is 6.30. The summed E-state index contributed by atoms with van der Waals surface area (Å²) in [6.45, 7) is 10.1. The van der Waals surface area contributed by atoms with Crippen LogP contribution in [0.1, 0.15) is 55.1 Å². The molecule has 168 valence electrons. The van der Waals surface area contributed by atoms with E-state index in [9.17, 15) is 0 Å². The quantitative estimate of drug-likeness (QED) is 0.407. The summed E-state index contributed by atoms with van der Waals surface area (Å²) in [5.74, 6) is 1.27. The third-order valence-electron chi connectivity index (χ3n) is 6.34. The number of anilines is 1. The van der Waals surface area contributed by atoms with Crippen molar-refractivity contribution < 1.29 is 4.57 Å². The first kappa shape index (κ1) is 22.1. The molecule has 0 atom stereocenters. The zero-order chi connectivity index (χ0) is 22.5. The van der Waals surface area contributed by atoms with E-state index >= 15 is 0 Å². The highest BCUT2D eigenvalue weighted by molar-refractivity contribution is 5.73. The Balaban J connectivity index is 0.00000119. The Kier molecular flexibility index (Phi) is 6.90. The molecule has 6 nitrogen and oxygen atoms in total. The van der Waals surface area contributed by atoms with Gasteiger partial charge in [0.1, 0.15) is 11.0 Å². The molecule has 0 saturated carbocycles. The van der Waals surface area contributed by atoms with Gasteiger partial charge in [-0.05, 0) is 56.1 Å².